The fourth-order valence-electron chi connectivity index (χ4n) is 2.60. The minimum Gasteiger partial charge on any atom is -0.483 e. The van der Waals surface area contributed by atoms with Crippen LogP contribution in [0.2, 0.25) is 0 Å². The van der Waals surface area contributed by atoms with E-state index in [0.29, 0.717) is 26.2 Å². The number of piperazine rings is 1. The number of alkyl halides is 3. The Balaban J connectivity index is 1.89. The number of carbonyl (C=O) groups is 2. The van der Waals surface area contributed by atoms with Crippen LogP contribution >= 0.6 is 0 Å². The van der Waals surface area contributed by atoms with E-state index in [1.54, 1.807) is 4.90 Å². The summed E-state index contributed by atoms with van der Waals surface area (Å²) >= 11 is 0. The van der Waals surface area contributed by atoms with Crippen molar-refractivity contribution in [2.24, 2.45) is 5.92 Å². The van der Waals surface area contributed by atoms with Gasteiger partial charge < -0.3 is 14.5 Å². The Hall–Kier alpha value is -2.25. The van der Waals surface area contributed by atoms with Gasteiger partial charge in [0, 0.05) is 32.1 Å². The van der Waals surface area contributed by atoms with E-state index in [1.165, 1.54) is 23.1 Å². The summed E-state index contributed by atoms with van der Waals surface area (Å²) in [5.41, 5.74) is -0.907. The third kappa shape index (κ3) is 4.87. The van der Waals surface area contributed by atoms with Crippen molar-refractivity contribution >= 4 is 11.8 Å². The van der Waals surface area contributed by atoms with Crippen LogP contribution in [0.15, 0.2) is 24.3 Å². The molecule has 0 aliphatic carbocycles. The highest BCUT2D eigenvalue weighted by Crippen LogP contribution is 2.35. The first kappa shape index (κ1) is 19.1. The highest BCUT2D eigenvalue weighted by atomic mass is 19.4. The molecule has 2 rings (SSSR count). The molecule has 0 bridgehead atoms. The lowest BCUT2D eigenvalue weighted by Crippen LogP contribution is -2.52. The Morgan fingerprint density at radius 3 is 2.20 bits per heavy atom. The molecule has 1 aliphatic heterocycles. The summed E-state index contributed by atoms with van der Waals surface area (Å²) in [5.74, 6) is -0.836. The SMILES string of the molecule is CC(C)C(=O)N1CCN(C(=O)COc2ccccc2C(F)(F)F)CC1. The van der Waals surface area contributed by atoms with Crippen LogP contribution in [0.5, 0.6) is 5.75 Å². The number of nitrogens with zero attached hydrogens (tertiary/aromatic N) is 2. The van der Waals surface area contributed by atoms with Crippen molar-refractivity contribution in [3.8, 4) is 5.75 Å². The molecule has 2 amide bonds. The summed E-state index contributed by atoms with van der Waals surface area (Å²) in [6, 6.07) is 4.79. The predicted molar refractivity (Wildman–Crippen MR) is 84.9 cm³/mol. The van der Waals surface area contributed by atoms with Crippen molar-refractivity contribution in [3.05, 3.63) is 29.8 Å². The number of benzene rings is 1. The minimum atomic E-state index is -4.54. The monoisotopic (exact) mass is 358 g/mol. The van der Waals surface area contributed by atoms with Gasteiger partial charge >= 0.3 is 6.18 Å². The van der Waals surface area contributed by atoms with E-state index in [-0.39, 0.29) is 17.6 Å². The number of halogens is 3. The number of rotatable bonds is 4. The molecule has 5 nitrogen and oxygen atoms in total. The quantitative estimate of drug-likeness (QED) is 0.831. The van der Waals surface area contributed by atoms with Gasteiger partial charge in [0.15, 0.2) is 6.61 Å². The topological polar surface area (TPSA) is 49.9 Å². The van der Waals surface area contributed by atoms with E-state index in [0.717, 1.165) is 6.07 Å². The van der Waals surface area contributed by atoms with Crippen LogP contribution in [0.4, 0.5) is 13.2 Å². The van der Waals surface area contributed by atoms with E-state index >= 15 is 0 Å². The Labute approximate surface area is 144 Å². The lowest BCUT2D eigenvalue weighted by molar-refractivity contribution is -0.143. The molecule has 138 valence electrons. The third-order valence-corrected chi connectivity index (χ3v) is 3.98. The van der Waals surface area contributed by atoms with E-state index in [1.807, 2.05) is 13.8 Å². The smallest absolute Gasteiger partial charge is 0.419 e. The molecule has 0 aromatic heterocycles. The maximum Gasteiger partial charge on any atom is 0.419 e. The van der Waals surface area contributed by atoms with E-state index in [2.05, 4.69) is 0 Å². The molecule has 1 saturated heterocycles. The Bertz CT molecular complexity index is 624. The number of carbonyl (C=O) groups excluding carboxylic acids is 2. The fourth-order valence-corrected chi connectivity index (χ4v) is 2.60. The average Bonchev–Trinajstić information content (AvgIpc) is 2.58. The predicted octanol–water partition coefficient (Wildman–Crippen LogP) is 2.41. The Kier molecular flexibility index (Phi) is 5.92. The zero-order valence-corrected chi connectivity index (χ0v) is 14.2. The molecule has 0 saturated carbocycles. The van der Waals surface area contributed by atoms with E-state index < -0.39 is 24.3 Å². The number of para-hydroxylation sites is 1. The van der Waals surface area contributed by atoms with Gasteiger partial charge in [-0.15, -0.1) is 0 Å². The second-order valence-corrected chi connectivity index (χ2v) is 6.14. The summed E-state index contributed by atoms with van der Waals surface area (Å²) in [7, 11) is 0. The van der Waals surface area contributed by atoms with Crippen molar-refractivity contribution in [3.63, 3.8) is 0 Å². The van der Waals surface area contributed by atoms with Crippen LogP contribution in [-0.2, 0) is 15.8 Å². The molecule has 0 radical (unpaired) electrons. The van der Waals surface area contributed by atoms with Gasteiger partial charge in [-0.3, -0.25) is 9.59 Å². The molecule has 0 spiro atoms. The van der Waals surface area contributed by atoms with Gasteiger partial charge in [-0.2, -0.15) is 13.2 Å². The van der Waals surface area contributed by atoms with Gasteiger partial charge in [0.25, 0.3) is 5.91 Å². The molecular weight excluding hydrogens is 337 g/mol. The molecule has 1 aliphatic rings. The van der Waals surface area contributed by atoms with E-state index in [4.69, 9.17) is 4.74 Å². The van der Waals surface area contributed by atoms with Gasteiger partial charge in [0.1, 0.15) is 5.75 Å². The zero-order chi connectivity index (χ0) is 18.6. The van der Waals surface area contributed by atoms with Crippen LogP contribution in [0.25, 0.3) is 0 Å². The molecular formula is C17H21F3N2O3. The molecule has 0 atom stereocenters. The summed E-state index contributed by atoms with van der Waals surface area (Å²) < 4.78 is 43.8. The van der Waals surface area contributed by atoms with Crippen LogP contribution in [0.1, 0.15) is 19.4 Å². The molecule has 8 heteroatoms. The first-order valence-corrected chi connectivity index (χ1v) is 8.05. The number of ether oxygens (including phenoxy) is 1. The maximum atomic E-state index is 12.9. The van der Waals surface area contributed by atoms with Crippen LogP contribution in [0, 0.1) is 5.92 Å². The second kappa shape index (κ2) is 7.76. The van der Waals surface area contributed by atoms with Crippen LogP contribution < -0.4 is 4.74 Å². The standard InChI is InChI=1S/C17H21F3N2O3/c1-12(2)16(24)22-9-7-21(8-10-22)15(23)11-25-14-6-4-3-5-13(14)17(18,19)20/h3-6,12H,7-11H2,1-2H3. The largest absolute Gasteiger partial charge is 0.483 e. The number of hydrogen-bond donors (Lipinski definition) is 0. The van der Waals surface area contributed by atoms with Gasteiger partial charge in [0.2, 0.25) is 5.91 Å². The highest BCUT2D eigenvalue weighted by molar-refractivity contribution is 5.80. The van der Waals surface area contributed by atoms with Gasteiger partial charge in [-0.25, -0.2) is 0 Å². The van der Waals surface area contributed by atoms with Crippen molar-refractivity contribution in [1.29, 1.82) is 0 Å². The molecule has 0 unspecified atom stereocenters. The molecule has 1 heterocycles. The lowest BCUT2D eigenvalue weighted by Gasteiger charge is -2.35. The highest BCUT2D eigenvalue weighted by Gasteiger charge is 2.34. The molecule has 1 aromatic rings. The van der Waals surface area contributed by atoms with Crippen molar-refractivity contribution < 1.29 is 27.5 Å². The zero-order valence-electron chi connectivity index (χ0n) is 14.2. The van der Waals surface area contributed by atoms with Gasteiger partial charge in [-0.1, -0.05) is 26.0 Å². The first-order chi connectivity index (χ1) is 11.7. The van der Waals surface area contributed by atoms with Crippen LogP contribution in [0.3, 0.4) is 0 Å². The average molecular weight is 358 g/mol. The Morgan fingerprint density at radius 2 is 1.64 bits per heavy atom. The lowest BCUT2D eigenvalue weighted by atomic mass is 10.1. The molecule has 0 N–H and O–H groups in total. The van der Waals surface area contributed by atoms with Crippen LogP contribution in [-0.4, -0.2) is 54.4 Å². The second-order valence-electron chi connectivity index (χ2n) is 6.14. The maximum absolute atomic E-state index is 12.9. The molecule has 25 heavy (non-hydrogen) atoms. The van der Waals surface area contributed by atoms with E-state index in [9.17, 15) is 22.8 Å². The van der Waals surface area contributed by atoms with Crippen molar-refractivity contribution in [2.45, 2.75) is 20.0 Å². The Morgan fingerprint density at radius 1 is 1.08 bits per heavy atom. The number of amides is 2. The van der Waals surface area contributed by atoms with Gasteiger partial charge in [0.05, 0.1) is 5.56 Å². The number of hydrogen-bond acceptors (Lipinski definition) is 3. The first-order valence-electron chi connectivity index (χ1n) is 8.05. The summed E-state index contributed by atoms with van der Waals surface area (Å²) in [5, 5.41) is 0. The summed E-state index contributed by atoms with van der Waals surface area (Å²) in [6.07, 6.45) is -4.54. The summed E-state index contributed by atoms with van der Waals surface area (Å²) in [6.45, 7) is 4.69. The molecule has 1 fully saturated rings. The molecule has 1 aromatic carbocycles. The summed E-state index contributed by atoms with van der Waals surface area (Å²) in [4.78, 5) is 27.3. The fraction of sp³-hybridized carbons (Fsp3) is 0.529. The minimum absolute atomic E-state index is 0.0300. The van der Waals surface area contributed by atoms with Crippen molar-refractivity contribution in [2.75, 3.05) is 32.8 Å². The van der Waals surface area contributed by atoms with Gasteiger partial charge in [-0.05, 0) is 12.1 Å². The third-order valence-electron chi connectivity index (χ3n) is 3.98. The normalized spacial score (nSPS) is 15.4. The van der Waals surface area contributed by atoms with Crippen molar-refractivity contribution in [1.82, 2.24) is 9.80 Å².